The van der Waals surface area contributed by atoms with E-state index in [9.17, 15) is 9.59 Å². The molecule has 0 amide bonds. The van der Waals surface area contributed by atoms with E-state index in [0.717, 1.165) is 103 Å². The average molecular weight is 835 g/mol. The zero-order valence-corrected chi connectivity index (χ0v) is 39.5. The van der Waals surface area contributed by atoms with E-state index in [1.807, 2.05) is 0 Å². The number of unbranched alkanes of at least 4 members (excludes halogenated alkanes) is 20. The Morgan fingerprint density at radius 2 is 0.750 bits per heavy atom. The number of hydrogen-bond acceptors (Lipinski definition) is 5. The van der Waals surface area contributed by atoms with E-state index in [1.54, 1.807) is 0 Å². The van der Waals surface area contributed by atoms with E-state index in [4.69, 9.17) is 14.2 Å². The van der Waals surface area contributed by atoms with Gasteiger partial charge in [-0.25, -0.2) is 0 Å². The lowest BCUT2D eigenvalue weighted by Gasteiger charge is -2.18. The van der Waals surface area contributed by atoms with Crippen LogP contribution in [0.2, 0.25) is 0 Å². The SMILES string of the molecule is CC/C=C\C/C=C\C/C=C\C/C=C\CCCCCCCOCC(COC(=O)CCCCC/C=C\C/C=C\C/C=C\CC)OC(=O)CCCCCCCCCCCCCCC. The van der Waals surface area contributed by atoms with Gasteiger partial charge in [-0.05, 0) is 89.9 Å². The topological polar surface area (TPSA) is 61.8 Å². The Hall–Kier alpha value is -2.92. The second-order valence-corrected chi connectivity index (χ2v) is 16.3. The van der Waals surface area contributed by atoms with E-state index < -0.39 is 6.10 Å². The summed E-state index contributed by atoms with van der Waals surface area (Å²) >= 11 is 0. The molecule has 0 aromatic heterocycles. The maximum atomic E-state index is 12.8. The normalized spacial score (nSPS) is 12.9. The second kappa shape index (κ2) is 50.4. The molecule has 0 aromatic rings. The first-order chi connectivity index (χ1) is 29.6. The molecule has 0 aliphatic rings. The molecule has 1 atom stereocenters. The van der Waals surface area contributed by atoms with Gasteiger partial charge in [-0.2, -0.15) is 0 Å². The first-order valence-electron chi connectivity index (χ1n) is 25.1. The fraction of sp³-hybridized carbons (Fsp3) is 0.709. The average Bonchev–Trinajstić information content (AvgIpc) is 3.25. The molecule has 0 aromatic carbocycles. The molecule has 0 spiro atoms. The van der Waals surface area contributed by atoms with Gasteiger partial charge in [0.05, 0.1) is 6.61 Å². The van der Waals surface area contributed by atoms with Crippen LogP contribution >= 0.6 is 0 Å². The van der Waals surface area contributed by atoms with E-state index >= 15 is 0 Å². The predicted molar refractivity (Wildman–Crippen MR) is 260 cm³/mol. The Kier molecular flexibility index (Phi) is 48.0. The monoisotopic (exact) mass is 835 g/mol. The summed E-state index contributed by atoms with van der Waals surface area (Å²) in [6.07, 6.45) is 65.9. The molecule has 0 saturated carbocycles. The Bertz CT molecular complexity index is 1130. The van der Waals surface area contributed by atoms with Crippen LogP contribution in [-0.2, 0) is 23.8 Å². The molecule has 0 aliphatic carbocycles. The Balaban J connectivity index is 4.34. The van der Waals surface area contributed by atoms with Crippen molar-refractivity contribution in [2.45, 2.75) is 232 Å². The third-order valence-corrected chi connectivity index (χ3v) is 10.4. The first-order valence-corrected chi connectivity index (χ1v) is 25.1. The van der Waals surface area contributed by atoms with Crippen LogP contribution in [0.5, 0.6) is 0 Å². The number of ether oxygens (including phenoxy) is 3. The standard InChI is InChI=1S/C55H94O5/c1-4-7-10-13-16-19-22-25-26-27-28-29-32-35-38-41-44-47-50-58-51-53(60-55(57)49-46-43-40-37-34-31-24-21-18-15-12-9-6-3)52-59-54(56)48-45-42-39-36-33-30-23-20-17-14-11-8-5-2/h7-8,10-11,16-17,19-20,25-26,28-30,33,53H,4-6,9,12-15,18,21-24,27,31-32,34-52H2,1-3H3/b10-7-,11-8-,19-16-,20-17-,26-25-,29-28-,33-30-. The second-order valence-electron chi connectivity index (χ2n) is 16.3. The molecular formula is C55H94O5. The van der Waals surface area contributed by atoms with Crippen LogP contribution in [-0.4, -0.2) is 37.9 Å². The van der Waals surface area contributed by atoms with Crippen molar-refractivity contribution >= 4 is 11.9 Å². The van der Waals surface area contributed by atoms with Crippen LogP contribution in [0.25, 0.3) is 0 Å². The summed E-state index contributed by atoms with van der Waals surface area (Å²) in [5.41, 5.74) is 0. The minimum Gasteiger partial charge on any atom is -0.462 e. The molecule has 5 nitrogen and oxygen atoms in total. The summed E-state index contributed by atoms with van der Waals surface area (Å²) in [6.45, 7) is 7.53. The smallest absolute Gasteiger partial charge is 0.306 e. The summed E-state index contributed by atoms with van der Waals surface area (Å²) in [5, 5.41) is 0. The molecule has 0 rings (SSSR count). The summed E-state index contributed by atoms with van der Waals surface area (Å²) in [5.74, 6) is -0.441. The predicted octanol–water partition coefficient (Wildman–Crippen LogP) is 16.9. The lowest BCUT2D eigenvalue weighted by atomic mass is 10.0. The van der Waals surface area contributed by atoms with Crippen LogP contribution in [0.3, 0.4) is 0 Å². The molecule has 0 N–H and O–H groups in total. The Labute approximate surface area is 371 Å². The molecule has 0 radical (unpaired) electrons. The zero-order valence-electron chi connectivity index (χ0n) is 39.5. The van der Waals surface area contributed by atoms with Crippen molar-refractivity contribution in [1.82, 2.24) is 0 Å². The van der Waals surface area contributed by atoms with Crippen LogP contribution in [0.15, 0.2) is 85.1 Å². The van der Waals surface area contributed by atoms with Gasteiger partial charge in [0, 0.05) is 19.4 Å². The number of carbonyl (C=O) groups excluding carboxylic acids is 2. The molecular weight excluding hydrogens is 741 g/mol. The first kappa shape index (κ1) is 57.1. The maximum Gasteiger partial charge on any atom is 0.306 e. The number of carbonyl (C=O) groups is 2. The summed E-state index contributed by atoms with van der Waals surface area (Å²) in [6, 6.07) is 0. The maximum absolute atomic E-state index is 12.8. The number of esters is 2. The molecule has 0 saturated heterocycles. The van der Waals surface area contributed by atoms with Crippen molar-refractivity contribution < 1.29 is 23.8 Å². The fourth-order valence-corrected chi connectivity index (χ4v) is 6.75. The minimum absolute atomic E-state index is 0.0605. The van der Waals surface area contributed by atoms with Gasteiger partial charge in [-0.15, -0.1) is 0 Å². The minimum atomic E-state index is -0.559. The van der Waals surface area contributed by atoms with Gasteiger partial charge < -0.3 is 14.2 Å². The van der Waals surface area contributed by atoms with Gasteiger partial charge in [0.25, 0.3) is 0 Å². The highest BCUT2D eigenvalue weighted by Gasteiger charge is 2.17. The van der Waals surface area contributed by atoms with Crippen molar-refractivity contribution in [3.05, 3.63) is 85.1 Å². The summed E-state index contributed by atoms with van der Waals surface area (Å²) < 4.78 is 17.3. The van der Waals surface area contributed by atoms with E-state index in [2.05, 4.69) is 106 Å². The number of allylic oxidation sites excluding steroid dienone is 14. The highest BCUT2D eigenvalue weighted by Crippen LogP contribution is 2.14. The van der Waals surface area contributed by atoms with Crippen molar-refractivity contribution in [2.24, 2.45) is 0 Å². The molecule has 0 bridgehead atoms. The van der Waals surface area contributed by atoms with Crippen molar-refractivity contribution in [2.75, 3.05) is 19.8 Å². The highest BCUT2D eigenvalue weighted by atomic mass is 16.6. The summed E-state index contributed by atoms with van der Waals surface area (Å²) in [7, 11) is 0. The van der Waals surface area contributed by atoms with E-state index in [1.165, 1.54) is 89.9 Å². The molecule has 60 heavy (non-hydrogen) atoms. The van der Waals surface area contributed by atoms with Gasteiger partial charge in [-0.1, -0.05) is 209 Å². The third kappa shape index (κ3) is 47.8. The van der Waals surface area contributed by atoms with Crippen LogP contribution < -0.4 is 0 Å². The van der Waals surface area contributed by atoms with Crippen molar-refractivity contribution in [1.29, 1.82) is 0 Å². The third-order valence-electron chi connectivity index (χ3n) is 10.4. The van der Waals surface area contributed by atoms with Crippen molar-refractivity contribution in [3.8, 4) is 0 Å². The van der Waals surface area contributed by atoms with E-state index in [-0.39, 0.29) is 25.2 Å². The fourth-order valence-electron chi connectivity index (χ4n) is 6.75. The van der Waals surface area contributed by atoms with Crippen LogP contribution in [0, 0.1) is 0 Å². The van der Waals surface area contributed by atoms with Gasteiger partial charge in [0.2, 0.25) is 0 Å². The van der Waals surface area contributed by atoms with Crippen LogP contribution in [0.1, 0.15) is 226 Å². The molecule has 0 fully saturated rings. The van der Waals surface area contributed by atoms with Gasteiger partial charge in [-0.3, -0.25) is 9.59 Å². The highest BCUT2D eigenvalue weighted by molar-refractivity contribution is 5.70. The largest absolute Gasteiger partial charge is 0.462 e. The van der Waals surface area contributed by atoms with Crippen molar-refractivity contribution in [3.63, 3.8) is 0 Å². The molecule has 5 heteroatoms. The molecule has 344 valence electrons. The van der Waals surface area contributed by atoms with Gasteiger partial charge in [0.1, 0.15) is 6.61 Å². The van der Waals surface area contributed by atoms with Gasteiger partial charge in [0.15, 0.2) is 6.10 Å². The Morgan fingerprint density at radius 1 is 0.383 bits per heavy atom. The zero-order chi connectivity index (χ0) is 43.5. The Morgan fingerprint density at radius 3 is 1.22 bits per heavy atom. The molecule has 0 heterocycles. The van der Waals surface area contributed by atoms with Crippen LogP contribution in [0.4, 0.5) is 0 Å². The molecule has 0 aliphatic heterocycles. The number of hydrogen-bond donors (Lipinski definition) is 0. The number of rotatable bonds is 45. The summed E-state index contributed by atoms with van der Waals surface area (Å²) in [4.78, 5) is 25.3. The quantitative estimate of drug-likeness (QED) is 0.0347. The van der Waals surface area contributed by atoms with E-state index in [0.29, 0.717) is 19.4 Å². The lowest BCUT2D eigenvalue weighted by molar-refractivity contribution is -0.163. The van der Waals surface area contributed by atoms with Gasteiger partial charge >= 0.3 is 11.9 Å². The lowest BCUT2D eigenvalue weighted by Crippen LogP contribution is -2.30. The molecule has 1 unspecified atom stereocenters.